The third-order valence-electron chi connectivity index (χ3n) is 3.83. The normalized spacial score (nSPS) is 18.4. The van der Waals surface area contributed by atoms with E-state index in [2.05, 4.69) is 9.88 Å². The van der Waals surface area contributed by atoms with Gasteiger partial charge in [0.2, 0.25) is 5.88 Å². The molecule has 0 spiro atoms. The summed E-state index contributed by atoms with van der Waals surface area (Å²) >= 11 is 0. The lowest BCUT2D eigenvalue weighted by Crippen LogP contribution is -2.29. The maximum atomic E-state index is 5.90. The highest BCUT2D eigenvalue weighted by atomic mass is 16.5. The van der Waals surface area contributed by atoms with Crippen LogP contribution >= 0.6 is 0 Å². The zero-order valence-electron chi connectivity index (χ0n) is 11.6. The number of rotatable bonds is 7. The van der Waals surface area contributed by atoms with Crippen molar-refractivity contribution in [2.45, 2.75) is 32.6 Å². The lowest BCUT2D eigenvalue weighted by Gasteiger charge is -2.24. The van der Waals surface area contributed by atoms with E-state index in [1.165, 1.54) is 25.7 Å². The molecular weight excluding hydrogens is 238 g/mol. The molecule has 0 amide bonds. The molecule has 2 saturated carbocycles. The fraction of sp³-hybridized carbons (Fsp3) is 0.667. The number of nitrogen functional groups attached to an aromatic ring is 1. The van der Waals surface area contributed by atoms with E-state index in [-0.39, 0.29) is 0 Å². The number of aromatic nitrogens is 1. The molecular formula is C15H23N3O. The Labute approximate surface area is 115 Å². The van der Waals surface area contributed by atoms with Crippen molar-refractivity contribution in [2.24, 2.45) is 11.8 Å². The molecule has 4 nitrogen and oxygen atoms in total. The first-order chi connectivity index (χ1) is 9.26. The van der Waals surface area contributed by atoms with Gasteiger partial charge in [0.1, 0.15) is 5.82 Å². The quantitative estimate of drug-likeness (QED) is 0.820. The van der Waals surface area contributed by atoms with Crippen LogP contribution in [0.4, 0.5) is 11.5 Å². The van der Waals surface area contributed by atoms with Crippen molar-refractivity contribution < 1.29 is 4.74 Å². The minimum absolute atomic E-state index is 0.580. The van der Waals surface area contributed by atoms with E-state index < -0.39 is 0 Å². The third-order valence-corrected chi connectivity index (χ3v) is 3.83. The topological polar surface area (TPSA) is 51.4 Å². The molecule has 2 N–H and O–H groups in total. The summed E-state index contributed by atoms with van der Waals surface area (Å²) in [6.07, 6.45) is 5.48. The molecule has 0 atom stereocenters. The predicted octanol–water partition coefficient (Wildman–Crippen LogP) is 2.69. The van der Waals surface area contributed by atoms with Gasteiger partial charge in [-0.1, -0.05) is 0 Å². The molecule has 0 saturated heterocycles. The second kappa shape index (κ2) is 5.27. The largest absolute Gasteiger partial charge is 0.476 e. The molecule has 0 aromatic carbocycles. The van der Waals surface area contributed by atoms with E-state index in [0.717, 1.165) is 30.7 Å². The van der Waals surface area contributed by atoms with Gasteiger partial charge in [-0.3, -0.25) is 0 Å². The van der Waals surface area contributed by atoms with Crippen molar-refractivity contribution in [3.8, 4) is 5.88 Å². The molecule has 2 aliphatic rings. The molecule has 1 heterocycles. The van der Waals surface area contributed by atoms with Crippen LogP contribution < -0.4 is 15.4 Å². The number of pyridine rings is 1. The summed E-state index contributed by atoms with van der Waals surface area (Å²) in [5, 5.41) is 0. The molecule has 0 aliphatic heterocycles. The van der Waals surface area contributed by atoms with Gasteiger partial charge in [0.15, 0.2) is 0 Å². The zero-order chi connectivity index (χ0) is 13.2. The Balaban J connectivity index is 1.76. The van der Waals surface area contributed by atoms with Crippen molar-refractivity contribution >= 4 is 11.5 Å². The highest BCUT2D eigenvalue weighted by Gasteiger charge is 2.30. The Hall–Kier alpha value is -1.45. The summed E-state index contributed by atoms with van der Waals surface area (Å²) < 4.78 is 5.51. The van der Waals surface area contributed by atoms with E-state index >= 15 is 0 Å². The maximum absolute atomic E-state index is 5.90. The number of ether oxygens (including phenoxy) is 1. The highest BCUT2D eigenvalue weighted by Crippen LogP contribution is 2.36. The Morgan fingerprint density at radius 1 is 1.21 bits per heavy atom. The van der Waals surface area contributed by atoms with Crippen LogP contribution in [0.15, 0.2) is 12.1 Å². The van der Waals surface area contributed by atoms with Gasteiger partial charge in [0.25, 0.3) is 0 Å². The average molecular weight is 261 g/mol. The molecule has 3 rings (SSSR count). The van der Waals surface area contributed by atoms with Crippen molar-refractivity contribution in [1.29, 1.82) is 0 Å². The fourth-order valence-corrected chi connectivity index (χ4v) is 2.36. The van der Waals surface area contributed by atoms with Gasteiger partial charge >= 0.3 is 0 Å². The monoisotopic (exact) mass is 261 g/mol. The molecule has 1 aromatic heterocycles. The fourth-order valence-electron chi connectivity index (χ4n) is 2.36. The molecule has 0 unspecified atom stereocenters. The van der Waals surface area contributed by atoms with Gasteiger partial charge in [-0.25, -0.2) is 0 Å². The molecule has 4 heteroatoms. The Morgan fingerprint density at radius 3 is 2.37 bits per heavy atom. The summed E-state index contributed by atoms with van der Waals surface area (Å²) in [5.74, 6) is 3.34. The minimum Gasteiger partial charge on any atom is -0.476 e. The number of hydrogen-bond acceptors (Lipinski definition) is 4. The Bertz CT molecular complexity index is 427. The van der Waals surface area contributed by atoms with Crippen LogP contribution in [0.1, 0.15) is 32.6 Å². The van der Waals surface area contributed by atoms with Crippen LogP contribution in [0.3, 0.4) is 0 Å². The molecule has 1 aromatic rings. The summed E-state index contributed by atoms with van der Waals surface area (Å²) in [7, 11) is 0. The minimum atomic E-state index is 0.580. The van der Waals surface area contributed by atoms with Gasteiger partial charge in [0.05, 0.1) is 12.3 Å². The number of nitrogens with zero attached hydrogens (tertiary/aromatic N) is 2. The van der Waals surface area contributed by atoms with Gasteiger partial charge in [-0.05, 0) is 56.6 Å². The van der Waals surface area contributed by atoms with E-state index in [9.17, 15) is 0 Å². The van der Waals surface area contributed by atoms with Gasteiger partial charge in [-0.2, -0.15) is 4.98 Å². The van der Waals surface area contributed by atoms with Crippen LogP contribution in [0.25, 0.3) is 0 Å². The van der Waals surface area contributed by atoms with Crippen LogP contribution in [0.5, 0.6) is 5.88 Å². The van der Waals surface area contributed by atoms with Crippen LogP contribution in [-0.2, 0) is 0 Å². The zero-order valence-corrected chi connectivity index (χ0v) is 11.6. The highest BCUT2D eigenvalue weighted by molar-refractivity contribution is 5.54. The maximum Gasteiger partial charge on any atom is 0.239 e. The second-order valence-corrected chi connectivity index (χ2v) is 5.79. The molecule has 2 aliphatic carbocycles. The number of nitrogens with two attached hydrogens (primary N) is 1. The summed E-state index contributed by atoms with van der Waals surface area (Å²) in [6.45, 7) is 4.84. The lowest BCUT2D eigenvalue weighted by molar-refractivity contribution is 0.329. The van der Waals surface area contributed by atoms with Gasteiger partial charge in [-0.15, -0.1) is 0 Å². The summed E-state index contributed by atoms with van der Waals surface area (Å²) in [6, 6.07) is 3.95. The van der Waals surface area contributed by atoms with E-state index in [0.29, 0.717) is 18.2 Å². The van der Waals surface area contributed by atoms with Gasteiger partial charge in [0, 0.05) is 13.1 Å². The second-order valence-electron chi connectivity index (χ2n) is 5.79. The number of hydrogen-bond donors (Lipinski definition) is 1. The Kier molecular flexibility index (Phi) is 3.49. The predicted molar refractivity (Wildman–Crippen MR) is 77.5 cm³/mol. The average Bonchev–Trinajstić information content (AvgIpc) is 3.26. The molecule has 19 heavy (non-hydrogen) atoms. The lowest BCUT2D eigenvalue weighted by atomic mass is 10.3. The van der Waals surface area contributed by atoms with Crippen LogP contribution in [0, 0.1) is 11.8 Å². The van der Waals surface area contributed by atoms with Crippen molar-refractivity contribution in [1.82, 2.24) is 4.98 Å². The first-order valence-electron chi connectivity index (χ1n) is 7.40. The molecule has 0 radical (unpaired) electrons. The SMILES string of the molecule is CCOc1nc(N(CC2CC2)CC2CC2)ccc1N. The standard InChI is InChI=1S/C15H23N3O/c1-2-19-15-13(16)7-8-14(17-15)18(9-11-3-4-11)10-12-5-6-12/h7-8,11-12H,2-6,9-10,16H2,1H3. The first-order valence-corrected chi connectivity index (χ1v) is 7.40. The number of anilines is 2. The van der Waals surface area contributed by atoms with E-state index in [4.69, 9.17) is 10.5 Å². The summed E-state index contributed by atoms with van der Waals surface area (Å²) in [4.78, 5) is 7.03. The molecule has 0 bridgehead atoms. The van der Waals surface area contributed by atoms with E-state index in [1.807, 2.05) is 19.1 Å². The van der Waals surface area contributed by atoms with Crippen LogP contribution in [-0.4, -0.2) is 24.7 Å². The smallest absolute Gasteiger partial charge is 0.239 e. The third kappa shape index (κ3) is 3.31. The van der Waals surface area contributed by atoms with Crippen molar-refractivity contribution in [3.05, 3.63) is 12.1 Å². The van der Waals surface area contributed by atoms with E-state index in [1.54, 1.807) is 0 Å². The van der Waals surface area contributed by atoms with Crippen molar-refractivity contribution in [3.63, 3.8) is 0 Å². The van der Waals surface area contributed by atoms with Gasteiger partial charge < -0.3 is 15.4 Å². The van der Waals surface area contributed by atoms with Crippen molar-refractivity contribution in [2.75, 3.05) is 30.3 Å². The molecule has 104 valence electrons. The molecule has 2 fully saturated rings. The summed E-state index contributed by atoms with van der Waals surface area (Å²) in [5.41, 5.74) is 6.52. The Morgan fingerprint density at radius 2 is 1.84 bits per heavy atom. The first kappa shape index (κ1) is 12.6. The van der Waals surface area contributed by atoms with Crippen LogP contribution in [0.2, 0.25) is 0 Å².